The maximum absolute atomic E-state index is 12.9. The fraction of sp³-hybridized carbons (Fsp3) is 0.421. The summed E-state index contributed by atoms with van der Waals surface area (Å²) in [6.07, 6.45) is 1.96. The van der Waals surface area contributed by atoms with Crippen LogP contribution in [-0.2, 0) is 7.05 Å². The number of hydrogen-bond acceptors (Lipinski definition) is 1. The Balaban J connectivity index is 1.86. The van der Waals surface area contributed by atoms with Crippen LogP contribution in [0.5, 0.6) is 0 Å². The van der Waals surface area contributed by atoms with Gasteiger partial charge >= 0.3 is 0 Å². The van der Waals surface area contributed by atoms with Gasteiger partial charge < -0.3 is 9.47 Å². The van der Waals surface area contributed by atoms with Crippen molar-refractivity contribution in [3.63, 3.8) is 0 Å². The fourth-order valence-electron chi connectivity index (χ4n) is 3.54. The first-order valence-corrected chi connectivity index (χ1v) is 7.86. The molecule has 0 radical (unpaired) electrons. The molecule has 0 N–H and O–H groups in total. The number of benzene rings is 1. The maximum atomic E-state index is 12.9. The normalized spacial score (nSPS) is 20.4. The van der Waals surface area contributed by atoms with E-state index in [1.807, 2.05) is 41.8 Å². The van der Waals surface area contributed by atoms with Gasteiger partial charge in [0.2, 0.25) is 0 Å². The quantitative estimate of drug-likeness (QED) is 0.831. The molecule has 1 aromatic carbocycles. The van der Waals surface area contributed by atoms with E-state index in [2.05, 4.69) is 38.1 Å². The summed E-state index contributed by atoms with van der Waals surface area (Å²) in [6, 6.07) is 12.5. The molecule has 0 unspecified atom stereocenters. The van der Waals surface area contributed by atoms with Crippen molar-refractivity contribution in [1.82, 2.24) is 9.47 Å². The molecule has 3 rings (SSSR count). The second-order valence-corrected chi connectivity index (χ2v) is 7.06. The molecule has 1 atom stereocenters. The van der Waals surface area contributed by atoms with E-state index in [-0.39, 0.29) is 11.3 Å². The Morgan fingerprint density at radius 1 is 1.18 bits per heavy atom. The van der Waals surface area contributed by atoms with Gasteiger partial charge in [0.05, 0.1) is 5.56 Å². The highest BCUT2D eigenvalue weighted by Gasteiger charge is 2.42. The van der Waals surface area contributed by atoms with Gasteiger partial charge in [0.25, 0.3) is 5.91 Å². The lowest BCUT2D eigenvalue weighted by atomic mass is 9.78. The Kier molecular flexibility index (Phi) is 3.59. The number of hydrogen-bond donors (Lipinski definition) is 0. The van der Waals surface area contributed by atoms with Crippen molar-refractivity contribution in [3.8, 4) is 0 Å². The number of rotatable bonds is 2. The molecule has 3 nitrogen and oxygen atoms in total. The molecular weight excluding hydrogens is 272 g/mol. The molecule has 1 aromatic heterocycles. The summed E-state index contributed by atoms with van der Waals surface area (Å²) in [4.78, 5) is 14.9. The molecule has 1 aliphatic rings. The van der Waals surface area contributed by atoms with Crippen molar-refractivity contribution in [1.29, 1.82) is 0 Å². The Hall–Kier alpha value is -2.03. The van der Waals surface area contributed by atoms with Crippen LogP contribution in [0.1, 0.15) is 41.4 Å². The van der Waals surface area contributed by atoms with Crippen molar-refractivity contribution in [2.24, 2.45) is 12.5 Å². The van der Waals surface area contributed by atoms with Gasteiger partial charge in [0.15, 0.2) is 0 Å². The van der Waals surface area contributed by atoms with Crippen LogP contribution < -0.4 is 0 Å². The zero-order valence-electron chi connectivity index (χ0n) is 13.8. The third-order valence-electron chi connectivity index (χ3n) is 5.05. The van der Waals surface area contributed by atoms with Gasteiger partial charge in [-0.25, -0.2) is 0 Å². The summed E-state index contributed by atoms with van der Waals surface area (Å²) in [7, 11) is 1.98. The van der Waals surface area contributed by atoms with E-state index >= 15 is 0 Å². The molecule has 116 valence electrons. The number of carbonyl (C=O) groups is 1. The van der Waals surface area contributed by atoms with Crippen LogP contribution in [0.2, 0.25) is 0 Å². The van der Waals surface area contributed by atoms with E-state index in [1.165, 1.54) is 5.56 Å². The highest BCUT2D eigenvalue weighted by molar-refractivity contribution is 5.95. The molecule has 1 fully saturated rings. The molecule has 1 amide bonds. The first-order chi connectivity index (χ1) is 10.4. The lowest BCUT2D eigenvalue weighted by Crippen LogP contribution is -2.30. The van der Waals surface area contributed by atoms with E-state index in [1.54, 1.807) is 0 Å². The number of aryl methyl sites for hydroxylation is 1. The zero-order valence-corrected chi connectivity index (χ0v) is 13.8. The minimum atomic E-state index is 0.0969. The van der Waals surface area contributed by atoms with E-state index in [9.17, 15) is 4.79 Å². The van der Waals surface area contributed by atoms with Crippen LogP contribution in [-0.4, -0.2) is 28.5 Å². The monoisotopic (exact) mass is 296 g/mol. The summed E-state index contributed by atoms with van der Waals surface area (Å²) in [6.45, 7) is 8.12. The minimum Gasteiger partial charge on any atom is -0.354 e. The van der Waals surface area contributed by atoms with Crippen LogP contribution >= 0.6 is 0 Å². The summed E-state index contributed by atoms with van der Waals surface area (Å²) in [5.74, 6) is 0.547. The van der Waals surface area contributed by atoms with Gasteiger partial charge in [-0.05, 0) is 24.0 Å². The highest BCUT2D eigenvalue weighted by Crippen LogP contribution is 2.42. The first-order valence-electron chi connectivity index (χ1n) is 7.86. The van der Waals surface area contributed by atoms with Crippen LogP contribution in [0.3, 0.4) is 0 Å². The largest absolute Gasteiger partial charge is 0.354 e. The van der Waals surface area contributed by atoms with Crippen molar-refractivity contribution in [3.05, 3.63) is 59.4 Å². The van der Waals surface area contributed by atoms with Crippen molar-refractivity contribution < 1.29 is 4.79 Å². The van der Waals surface area contributed by atoms with Gasteiger partial charge in [0, 0.05) is 37.9 Å². The lowest BCUT2D eigenvalue weighted by Gasteiger charge is -2.25. The Morgan fingerprint density at radius 2 is 1.86 bits per heavy atom. The second kappa shape index (κ2) is 5.31. The molecule has 22 heavy (non-hydrogen) atoms. The molecule has 0 aliphatic carbocycles. The van der Waals surface area contributed by atoms with E-state index < -0.39 is 0 Å². The molecule has 0 bridgehead atoms. The van der Waals surface area contributed by atoms with E-state index in [0.29, 0.717) is 5.92 Å². The highest BCUT2D eigenvalue weighted by atomic mass is 16.2. The van der Waals surface area contributed by atoms with Crippen LogP contribution in [0.25, 0.3) is 0 Å². The van der Waals surface area contributed by atoms with Crippen LogP contribution in [0, 0.1) is 12.3 Å². The van der Waals surface area contributed by atoms with Gasteiger partial charge in [-0.2, -0.15) is 0 Å². The van der Waals surface area contributed by atoms with Gasteiger partial charge in [-0.15, -0.1) is 0 Å². The predicted molar refractivity (Wildman–Crippen MR) is 89.0 cm³/mol. The molecule has 2 aromatic rings. The topological polar surface area (TPSA) is 25.2 Å². The zero-order chi connectivity index (χ0) is 15.9. The molecule has 1 saturated heterocycles. The molecule has 0 saturated carbocycles. The fourth-order valence-corrected chi connectivity index (χ4v) is 3.54. The standard InChI is InChI=1S/C19H24N2O/c1-14-16(10-11-20(14)4)18(22)21-12-17(19(2,3)13-21)15-8-6-5-7-9-15/h5-11,17H,12-13H2,1-4H3/t17-/m1/s1. The predicted octanol–water partition coefficient (Wildman–Crippen LogP) is 3.60. The van der Waals surface area contributed by atoms with Crippen LogP contribution in [0.4, 0.5) is 0 Å². The van der Waals surface area contributed by atoms with Gasteiger partial charge in [0.1, 0.15) is 0 Å². The Labute approximate surface area is 132 Å². The number of aromatic nitrogens is 1. The molecule has 2 heterocycles. The third kappa shape index (κ3) is 2.45. The average Bonchev–Trinajstić information content (AvgIpc) is 2.99. The molecule has 0 spiro atoms. The van der Waals surface area contributed by atoms with E-state index in [0.717, 1.165) is 24.3 Å². The van der Waals surface area contributed by atoms with Crippen molar-refractivity contribution >= 4 is 5.91 Å². The number of likely N-dealkylation sites (tertiary alicyclic amines) is 1. The summed E-state index contributed by atoms with van der Waals surface area (Å²) in [5, 5.41) is 0. The average molecular weight is 296 g/mol. The number of nitrogens with zero attached hydrogens (tertiary/aromatic N) is 2. The number of carbonyl (C=O) groups excluding carboxylic acids is 1. The summed E-state index contributed by atoms with van der Waals surface area (Å²) < 4.78 is 2.00. The summed E-state index contributed by atoms with van der Waals surface area (Å²) >= 11 is 0. The Morgan fingerprint density at radius 3 is 2.45 bits per heavy atom. The van der Waals surface area contributed by atoms with Gasteiger partial charge in [-0.3, -0.25) is 4.79 Å². The van der Waals surface area contributed by atoms with Crippen molar-refractivity contribution in [2.75, 3.05) is 13.1 Å². The van der Waals surface area contributed by atoms with E-state index in [4.69, 9.17) is 0 Å². The Bertz CT molecular complexity index is 685. The first kappa shape index (κ1) is 14.9. The number of amides is 1. The summed E-state index contributed by atoms with van der Waals surface area (Å²) in [5.41, 5.74) is 3.28. The smallest absolute Gasteiger partial charge is 0.255 e. The third-order valence-corrected chi connectivity index (χ3v) is 5.05. The maximum Gasteiger partial charge on any atom is 0.255 e. The molecule has 1 aliphatic heterocycles. The molecule has 3 heteroatoms. The van der Waals surface area contributed by atoms with Crippen LogP contribution in [0.15, 0.2) is 42.6 Å². The van der Waals surface area contributed by atoms with Crippen molar-refractivity contribution in [2.45, 2.75) is 26.7 Å². The lowest BCUT2D eigenvalue weighted by molar-refractivity contribution is 0.0777. The SMILES string of the molecule is Cc1c(C(=O)N2C[C@H](c3ccccc3)C(C)(C)C2)ccn1C. The molecular formula is C19H24N2O. The van der Waals surface area contributed by atoms with Gasteiger partial charge in [-0.1, -0.05) is 44.2 Å². The minimum absolute atomic E-state index is 0.0969. The second-order valence-electron chi connectivity index (χ2n) is 7.06.